The molecular formula is C16H16BO. The van der Waals surface area contributed by atoms with Crippen LogP contribution in [-0.2, 0) is 0 Å². The highest BCUT2D eigenvalue weighted by molar-refractivity contribution is 6.53. The Labute approximate surface area is 109 Å². The fourth-order valence-corrected chi connectivity index (χ4v) is 1.71. The fraction of sp³-hybridized carbons (Fsp3) is 0.125. The Morgan fingerprint density at radius 2 is 1.72 bits per heavy atom. The molecule has 0 spiro atoms. The summed E-state index contributed by atoms with van der Waals surface area (Å²) < 4.78 is 5.12. The van der Waals surface area contributed by atoms with Gasteiger partial charge in [0.2, 0.25) is 0 Å². The van der Waals surface area contributed by atoms with Crippen LogP contribution in [0.5, 0.6) is 5.75 Å². The molecule has 1 nitrogen and oxygen atoms in total. The molecule has 2 aromatic carbocycles. The van der Waals surface area contributed by atoms with E-state index in [0.717, 1.165) is 12.1 Å². The maximum absolute atomic E-state index is 5.12. The van der Waals surface area contributed by atoms with Crippen LogP contribution in [0, 0.1) is 0 Å². The molecule has 0 N–H and O–H groups in total. The SMILES string of the molecule is COc1ccc([B]CC=Cc2ccccc2)cc1. The molecular weight excluding hydrogens is 219 g/mol. The van der Waals surface area contributed by atoms with Crippen molar-refractivity contribution in [3.63, 3.8) is 0 Å². The molecule has 1 radical (unpaired) electrons. The molecule has 0 amide bonds. The van der Waals surface area contributed by atoms with Crippen molar-refractivity contribution in [3.8, 4) is 5.75 Å². The van der Waals surface area contributed by atoms with Gasteiger partial charge in [-0.05, 0) is 17.7 Å². The lowest BCUT2D eigenvalue weighted by atomic mass is 9.67. The van der Waals surface area contributed by atoms with Crippen molar-refractivity contribution in [2.24, 2.45) is 0 Å². The summed E-state index contributed by atoms with van der Waals surface area (Å²) in [5, 5.41) is 0. The second kappa shape index (κ2) is 6.70. The molecule has 2 aromatic rings. The zero-order chi connectivity index (χ0) is 12.6. The first kappa shape index (κ1) is 12.5. The number of rotatable bonds is 5. The molecule has 0 bridgehead atoms. The molecule has 0 unspecified atom stereocenters. The highest BCUT2D eigenvalue weighted by Crippen LogP contribution is 2.06. The standard InChI is InChI=1S/C16H16BO/c1-18-16-11-9-15(10-12-16)17-13-5-8-14-6-3-2-4-7-14/h2-12H,13H2,1H3. The molecule has 0 saturated heterocycles. The lowest BCUT2D eigenvalue weighted by molar-refractivity contribution is 0.415. The van der Waals surface area contributed by atoms with Crippen molar-refractivity contribution >= 4 is 18.8 Å². The maximum Gasteiger partial charge on any atom is 0.155 e. The Balaban J connectivity index is 1.83. The minimum absolute atomic E-state index is 0.895. The summed E-state index contributed by atoms with van der Waals surface area (Å²) in [4.78, 5) is 0. The van der Waals surface area contributed by atoms with Crippen molar-refractivity contribution in [1.29, 1.82) is 0 Å². The molecule has 0 aliphatic rings. The van der Waals surface area contributed by atoms with Gasteiger partial charge in [0.1, 0.15) is 5.75 Å². The van der Waals surface area contributed by atoms with Crippen molar-refractivity contribution in [2.45, 2.75) is 6.32 Å². The van der Waals surface area contributed by atoms with Crippen LogP contribution >= 0.6 is 0 Å². The fourth-order valence-electron chi connectivity index (χ4n) is 1.71. The third kappa shape index (κ3) is 3.81. The molecule has 0 fully saturated rings. The van der Waals surface area contributed by atoms with Crippen LogP contribution in [0.25, 0.3) is 6.08 Å². The van der Waals surface area contributed by atoms with Crippen LogP contribution in [0.2, 0.25) is 6.32 Å². The number of benzene rings is 2. The van der Waals surface area contributed by atoms with Gasteiger partial charge in [-0.2, -0.15) is 0 Å². The van der Waals surface area contributed by atoms with E-state index in [9.17, 15) is 0 Å². The zero-order valence-corrected chi connectivity index (χ0v) is 10.5. The first-order valence-electron chi connectivity index (χ1n) is 6.07. The van der Waals surface area contributed by atoms with Gasteiger partial charge in [0.05, 0.1) is 7.11 Å². The molecule has 18 heavy (non-hydrogen) atoms. The van der Waals surface area contributed by atoms with Crippen molar-refractivity contribution < 1.29 is 4.74 Å². The van der Waals surface area contributed by atoms with Gasteiger partial charge in [0.25, 0.3) is 0 Å². The van der Waals surface area contributed by atoms with E-state index >= 15 is 0 Å². The Morgan fingerprint density at radius 1 is 1.00 bits per heavy atom. The van der Waals surface area contributed by atoms with Crippen molar-refractivity contribution in [2.75, 3.05) is 7.11 Å². The lowest BCUT2D eigenvalue weighted by Crippen LogP contribution is -2.11. The quantitative estimate of drug-likeness (QED) is 0.723. The van der Waals surface area contributed by atoms with Gasteiger partial charge in [-0.15, -0.1) is 0 Å². The third-order valence-electron chi connectivity index (χ3n) is 2.72. The summed E-state index contributed by atoms with van der Waals surface area (Å²) in [6, 6.07) is 18.4. The summed E-state index contributed by atoms with van der Waals surface area (Å²) in [5.74, 6) is 0.895. The molecule has 0 aliphatic carbocycles. The number of allylic oxidation sites excluding steroid dienone is 1. The van der Waals surface area contributed by atoms with E-state index in [1.807, 2.05) is 30.3 Å². The molecule has 0 saturated carbocycles. The average molecular weight is 235 g/mol. The number of hydrogen-bond donors (Lipinski definition) is 0. The predicted molar refractivity (Wildman–Crippen MR) is 78.7 cm³/mol. The predicted octanol–water partition coefficient (Wildman–Crippen LogP) is 3.16. The second-order valence-corrected chi connectivity index (χ2v) is 4.03. The number of methoxy groups -OCH3 is 1. The Morgan fingerprint density at radius 3 is 2.39 bits per heavy atom. The normalized spacial score (nSPS) is 10.5. The highest BCUT2D eigenvalue weighted by atomic mass is 16.5. The molecule has 0 heterocycles. The number of hydrogen-bond acceptors (Lipinski definition) is 1. The first-order valence-corrected chi connectivity index (χ1v) is 6.07. The van der Waals surface area contributed by atoms with E-state index in [4.69, 9.17) is 4.74 Å². The van der Waals surface area contributed by atoms with E-state index in [-0.39, 0.29) is 0 Å². The van der Waals surface area contributed by atoms with Gasteiger partial charge in [-0.25, -0.2) is 0 Å². The van der Waals surface area contributed by atoms with Gasteiger partial charge in [0, 0.05) is 0 Å². The number of ether oxygens (including phenoxy) is 1. The summed E-state index contributed by atoms with van der Waals surface area (Å²) in [6.07, 6.45) is 5.24. The molecule has 0 aliphatic heterocycles. The minimum Gasteiger partial charge on any atom is -0.497 e. The summed E-state index contributed by atoms with van der Waals surface area (Å²) in [6.45, 7) is 0. The molecule has 2 heteroatoms. The summed E-state index contributed by atoms with van der Waals surface area (Å²) >= 11 is 0. The van der Waals surface area contributed by atoms with Gasteiger partial charge >= 0.3 is 0 Å². The Kier molecular flexibility index (Phi) is 4.65. The van der Waals surface area contributed by atoms with Crippen LogP contribution < -0.4 is 10.2 Å². The summed E-state index contributed by atoms with van der Waals surface area (Å²) in [5.41, 5.74) is 2.45. The molecule has 2 rings (SSSR count). The minimum atomic E-state index is 0.895. The third-order valence-corrected chi connectivity index (χ3v) is 2.72. The van der Waals surface area contributed by atoms with Gasteiger partial charge < -0.3 is 4.74 Å². The van der Waals surface area contributed by atoms with Crippen LogP contribution in [0.1, 0.15) is 5.56 Å². The Hall–Kier alpha value is -1.96. The highest BCUT2D eigenvalue weighted by Gasteiger charge is 1.94. The van der Waals surface area contributed by atoms with Crippen molar-refractivity contribution in [1.82, 2.24) is 0 Å². The zero-order valence-electron chi connectivity index (χ0n) is 10.5. The maximum atomic E-state index is 5.12. The van der Waals surface area contributed by atoms with E-state index < -0.39 is 0 Å². The van der Waals surface area contributed by atoms with Gasteiger partial charge in [-0.3, -0.25) is 0 Å². The van der Waals surface area contributed by atoms with Crippen LogP contribution in [-0.4, -0.2) is 14.4 Å². The van der Waals surface area contributed by atoms with E-state index in [1.54, 1.807) is 7.11 Å². The topological polar surface area (TPSA) is 9.23 Å². The molecule has 0 aromatic heterocycles. The van der Waals surface area contributed by atoms with Crippen LogP contribution in [0.4, 0.5) is 0 Å². The first-order chi connectivity index (χ1) is 8.88. The van der Waals surface area contributed by atoms with E-state index in [1.165, 1.54) is 11.0 Å². The molecule has 0 atom stereocenters. The summed E-state index contributed by atoms with van der Waals surface area (Å²) in [7, 11) is 3.88. The van der Waals surface area contributed by atoms with E-state index in [0.29, 0.717) is 0 Å². The smallest absolute Gasteiger partial charge is 0.155 e. The van der Waals surface area contributed by atoms with Gasteiger partial charge in [0.15, 0.2) is 7.28 Å². The molecule has 89 valence electrons. The second-order valence-electron chi connectivity index (χ2n) is 4.03. The van der Waals surface area contributed by atoms with E-state index in [2.05, 4.69) is 43.7 Å². The monoisotopic (exact) mass is 235 g/mol. The van der Waals surface area contributed by atoms with Crippen molar-refractivity contribution in [3.05, 3.63) is 66.2 Å². The average Bonchev–Trinajstić information content (AvgIpc) is 2.45. The largest absolute Gasteiger partial charge is 0.497 e. The lowest BCUT2D eigenvalue weighted by Gasteiger charge is -2.00. The van der Waals surface area contributed by atoms with Crippen LogP contribution in [0.3, 0.4) is 0 Å². The van der Waals surface area contributed by atoms with Crippen LogP contribution in [0.15, 0.2) is 60.7 Å². The van der Waals surface area contributed by atoms with Gasteiger partial charge in [-0.1, -0.05) is 66.4 Å². The Bertz CT molecular complexity index is 488.